The fourth-order valence-corrected chi connectivity index (χ4v) is 3.64. The van der Waals surface area contributed by atoms with Gasteiger partial charge in [0, 0.05) is 0 Å². The van der Waals surface area contributed by atoms with Gasteiger partial charge in [0.2, 0.25) is 0 Å². The average Bonchev–Trinajstić information content (AvgIpc) is 2.71. The lowest BCUT2D eigenvalue weighted by molar-refractivity contribution is -0.168. The molecule has 0 spiro atoms. The summed E-state index contributed by atoms with van der Waals surface area (Å²) in [7, 11) is 1.74. The van der Waals surface area contributed by atoms with E-state index < -0.39 is 11.5 Å². The summed E-state index contributed by atoms with van der Waals surface area (Å²) in [6.07, 6.45) is 7.09. The maximum Gasteiger partial charge on any atom is 0.352 e. The molecule has 1 fully saturated rings. The zero-order chi connectivity index (χ0) is 20.5. The number of nitrogens with one attached hydrogen (secondary N) is 2. The van der Waals surface area contributed by atoms with Crippen molar-refractivity contribution in [2.75, 3.05) is 7.05 Å². The van der Waals surface area contributed by atoms with Crippen molar-refractivity contribution < 1.29 is 14.4 Å². The Hall–Kier alpha value is -2.66. The normalized spacial score (nSPS) is 14.7. The molecular weight excluding hydrogens is 364 g/mol. The van der Waals surface area contributed by atoms with Crippen LogP contribution in [0.15, 0.2) is 54.6 Å². The van der Waals surface area contributed by atoms with E-state index in [1.54, 1.807) is 7.05 Å². The lowest BCUT2D eigenvalue weighted by Gasteiger charge is -2.38. The lowest BCUT2D eigenvalue weighted by Crippen LogP contribution is -2.57. The number of amides is 1. The van der Waals surface area contributed by atoms with Gasteiger partial charge in [-0.25, -0.2) is 4.79 Å². The van der Waals surface area contributed by atoms with Gasteiger partial charge in [-0.2, -0.15) is 5.48 Å². The van der Waals surface area contributed by atoms with Gasteiger partial charge in [-0.1, -0.05) is 54.6 Å². The molecule has 1 aliphatic carbocycles. The molecule has 0 bridgehead atoms. The standard InChI is InChI=1S/C24H30N2O3/c1-25-24(16-7-17-24)23(28)29-26-22(27)18-21-14-12-20(13-15-21)11-6-5-10-19-8-3-2-4-9-19/h2-4,8-9,12-15,25H,5-7,10-11,16-18H2,1H3,(H,26,27). The average molecular weight is 395 g/mol. The minimum absolute atomic E-state index is 0.189. The Labute approximate surface area is 172 Å². The van der Waals surface area contributed by atoms with Crippen LogP contribution < -0.4 is 10.8 Å². The van der Waals surface area contributed by atoms with Crippen LogP contribution in [0, 0.1) is 0 Å². The number of unbranched alkanes of at least 4 members (excludes halogenated alkanes) is 1. The molecule has 1 amide bonds. The monoisotopic (exact) mass is 394 g/mol. The zero-order valence-electron chi connectivity index (χ0n) is 17.1. The molecule has 3 rings (SSSR count). The highest BCUT2D eigenvalue weighted by Crippen LogP contribution is 2.32. The Kier molecular flexibility index (Phi) is 7.42. The smallest absolute Gasteiger partial charge is 0.339 e. The molecular formula is C24H30N2O3. The Morgan fingerprint density at radius 2 is 1.48 bits per heavy atom. The maximum absolute atomic E-state index is 12.1. The van der Waals surface area contributed by atoms with Gasteiger partial charge >= 0.3 is 5.97 Å². The Balaban J connectivity index is 1.36. The molecule has 0 aromatic heterocycles. The minimum atomic E-state index is -0.630. The minimum Gasteiger partial charge on any atom is -0.339 e. The number of hydrogen-bond acceptors (Lipinski definition) is 4. The van der Waals surface area contributed by atoms with Crippen LogP contribution in [0.25, 0.3) is 0 Å². The van der Waals surface area contributed by atoms with E-state index in [2.05, 4.69) is 47.2 Å². The van der Waals surface area contributed by atoms with Gasteiger partial charge in [-0.3, -0.25) is 4.79 Å². The van der Waals surface area contributed by atoms with Crippen LogP contribution in [0.3, 0.4) is 0 Å². The predicted molar refractivity (Wildman–Crippen MR) is 113 cm³/mol. The van der Waals surface area contributed by atoms with Crippen LogP contribution in [0.1, 0.15) is 48.8 Å². The second-order valence-electron chi connectivity index (χ2n) is 7.79. The molecule has 5 nitrogen and oxygen atoms in total. The first-order valence-corrected chi connectivity index (χ1v) is 10.4. The highest BCUT2D eigenvalue weighted by atomic mass is 16.7. The summed E-state index contributed by atoms with van der Waals surface area (Å²) >= 11 is 0. The first-order valence-electron chi connectivity index (χ1n) is 10.4. The third-order valence-electron chi connectivity index (χ3n) is 5.75. The molecule has 5 heteroatoms. The zero-order valence-corrected chi connectivity index (χ0v) is 17.1. The van der Waals surface area contributed by atoms with E-state index in [0.717, 1.165) is 50.5 Å². The largest absolute Gasteiger partial charge is 0.352 e. The molecule has 0 aliphatic heterocycles. The van der Waals surface area contributed by atoms with Crippen LogP contribution in [-0.4, -0.2) is 24.5 Å². The molecule has 2 aromatic rings. The van der Waals surface area contributed by atoms with Crippen molar-refractivity contribution in [2.45, 2.75) is 56.9 Å². The summed E-state index contributed by atoms with van der Waals surface area (Å²) in [5.41, 5.74) is 5.21. The van der Waals surface area contributed by atoms with Crippen LogP contribution >= 0.6 is 0 Å². The second kappa shape index (κ2) is 10.2. The number of carbonyl (C=O) groups is 2. The molecule has 0 radical (unpaired) electrons. The maximum atomic E-state index is 12.1. The van der Waals surface area contributed by atoms with Crippen molar-refractivity contribution in [3.63, 3.8) is 0 Å². The molecule has 1 aliphatic rings. The fraction of sp³-hybridized carbons (Fsp3) is 0.417. The number of carbonyl (C=O) groups excluding carboxylic acids is 2. The molecule has 0 unspecified atom stereocenters. The number of rotatable bonds is 9. The van der Waals surface area contributed by atoms with Crippen LogP contribution in [-0.2, 0) is 33.7 Å². The topological polar surface area (TPSA) is 67.4 Å². The highest BCUT2D eigenvalue weighted by molar-refractivity contribution is 5.84. The summed E-state index contributed by atoms with van der Waals surface area (Å²) in [6, 6.07) is 18.6. The van der Waals surface area contributed by atoms with Crippen molar-refractivity contribution in [1.29, 1.82) is 0 Å². The molecule has 0 heterocycles. The van der Waals surface area contributed by atoms with Gasteiger partial charge in [-0.05, 0) is 68.7 Å². The summed E-state index contributed by atoms with van der Waals surface area (Å²) in [4.78, 5) is 29.2. The first kappa shape index (κ1) is 21.1. The predicted octanol–water partition coefficient (Wildman–Crippen LogP) is 3.51. The summed E-state index contributed by atoms with van der Waals surface area (Å²) < 4.78 is 0. The van der Waals surface area contributed by atoms with Gasteiger partial charge in [0.15, 0.2) is 0 Å². The van der Waals surface area contributed by atoms with E-state index in [1.165, 1.54) is 11.1 Å². The quantitative estimate of drug-likeness (QED) is 0.505. The van der Waals surface area contributed by atoms with Gasteiger partial charge in [-0.15, -0.1) is 0 Å². The van der Waals surface area contributed by atoms with Crippen LogP contribution in [0.4, 0.5) is 0 Å². The molecule has 29 heavy (non-hydrogen) atoms. The van der Waals surface area contributed by atoms with E-state index in [1.807, 2.05) is 18.2 Å². The third kappa shape index (κ3) is 5.91. The summed E-state index contributed by atoms with van der Waals surface area (Å²) in [6.45, 7) is 0. The van der Waals surface area contributed by atoms with Gasteiger partial charge in [0.1, 0.15) is 5.54 Å². The Morgan fingerprint density at radius 1 is 0.897 bits per heavy atom. The van der Waals surface area contributed by atoms with Gasteiger partial charge < -0.3 is 10.2 Å². The summed E-state index contributed by atoms with van der Waals surface area (Å²) in [5.74, 6) is -0.731. The van der Waals surface area contributed by atoms with Crippen molar-refractivity contribution in [3.05, 3.63) is 71.3 Å². The number of benzene rings is 2. The molecule has 0 saturated heterocycles. The Bertz CT molecular complexity index is 793. The Morgan fingerprint density at radius 3 is 2.03 bits per heavy atom. The number of hydrogen-bond donors (Lipinski definition) is 2. The van der Waals surface area contributed by atoms with Crippen LogP contribution in [0.2, 0.25) is 0 Å². The van der Waals surface area contributed by atoms with Crippen molar-refractivity contribution in [1.82, 2.24) is 10.8 Å². The van der Waals surface area contributed by atoms with Crippen molar-refractivity contribution in [2.24, 2.45) is 0 Å². The lowest BCUT2D eigenvalue weighted by atomic mass is 9.77. The molecule has 154 valence electrons. The second-order valence-corrected chi connectivity index (χ2v) is 7.79. The molecule has 2 N–H and O–H groups in total. The first-order chi connectivity index (χ1) is 14.1. The summed E-state index contributed by atoms with van der Waals surface area (Å²) in [5, 5.41) is 3.00. The van der Waals surface area contributed by atoms with E-state index >= 15 is 0 Å². The molecule has 0 atom stereocenters. The van der Waals surface area contributed by atoms with Crippen LogP contribution in [0.5, 0.6) is 0 Å². The SMILES string of the molecule is CNC1(C(=O)ONC(=O)Cc2ccc(CCCCc3ccccc3)cc2)CCC1. The molecule has 2 aromatic carbocycles. The highest BCUT2D eigenvalue weighted by Gasteiger charge is 2.44. The third-order valence-corrected chi connectivity index (χ3v) is 5.75. The fourth-order valence-electron chi connectivity index (χ4n) is 3.64. The molecule has 1 saturated carbocycles. The van der Waals surface area contributed by atoms with Gasteiger partial charge in [0.05, 0.1) is 6.42 Å². The van der Waals surface area contributed by atoms with Gasteiger partial charge in [0.25, 0.3) is 5.91 Å². The number of likely N-dealkylation sites (N-methyl/N-ethyl adjacent to an activating group) is 1. The van der Waals surface area contributed by atoms with Crippen molar-refractivity contribution >= 4 is 11.9 Å². The van der Waals surface area contributed by atoms with E-state index in [0.29, 0.717) is 0 Å². The van der Waals surface area contributed by atoms with E-state index in [9.17, 15) is 9.59 Å². The van der Waals surface area contributed by atoms with Crippen molar-refractivity contribution in [3.8, 4) is 0 Å². The van der Waals surface area contributed by atoms with E-state index in [-0.39, 0.29) is 12.3 Å². The van der Waals surface area contributed by atoms with E-state index in [4.69, 9.17) is 4.84 Å². The number of hydroxylamine groups is 1. The number of aryl methyl sites for hydroxylation is 2.